The van der Waals surface area contributed by atoms with Crippen LogP contribution in [-0.4, -0.2) is 27.8 Å². The maximum absolute atomic E-state index is 12.3. The van der Waals surface area contributed by atoms with Crippen LogP contribution in [-0.2, 0) is 11.4 Å². The van der Waals surface area contributed by atoms with Gasteiger partial charge in [-0.25, -0.2) is 15.4 Å². The second kappa shape index (κ2) is 11.5. The van der Waals surface area contributed by atoms with Crippen LogP contribution in [0.4, 0.5) is 0 Å². The van der Waals surface area contributed by atoms with Crippen molar-refractivity contribution < 1.29 is 9.53 Å². The Labute approximate surface area is 217 Å². The molecule has 0 radical (unpaired) electrons. The fourth-order valence-corrected chi connectivity index (χ4v) is 4.48. The first-order valence-electron chi connectivity index (χ1n) is 10.7. The Hall–Kier alpha value is -3.13. The molecule has 35 heavy (non-hydrogen) atoms. The smallest absolute Gasteiger partial charge is 0.250 e. The van der Waals surface area contributed by atoms with Crippen LogP contribution in [0.3, 0.4) is 0 Å². The summed E-state index contributed by atoms with van der Waals surface area (Å²) in [4.78, 5) is 21.0. The molecule has 4 rings (SSSR count). The summed E-state index contributed by atoms with van der Waals surface area (Å²) in [7, 11) is 0. The zero-order valence-corrected chi connectivity index (χ0v) is 21.4. The summed E-state index contributed by atoms with van der Waals surface area (Å²) in [5.74, 6) is 0.523. The molecule has 6 nitrogen and oxygen atoms in total. The summed E-state index contributed by atoms with van der Waals surface area (Å²) in [6, 6.07) is 19.0. The molecule has 4 aromatic rings. The Kier molecular flexibility index (Phi) is 8.23. The number of aryl methyl sites for hydroxylation is 2. The van der Waals surface area contributed by atoms with Crippen molar-refractivity contribution in [1.29, 1.82) is 0 Å². The lowest BCUT2D eigenvalue weighted by molar-refractivity contribution is -0.118. The number of nitrogens with zero attached hydrogens (tertiary/aromatic N) is 3. The van der Waals surface area contributed by atoms with E-state index in [1.54, 1.807) is 18.3 Å². The van der Waals surface area contributed by atoms with E-state index in [2.05, 4.69) is 20.5 Å². The Morgan fingerprint density at radius 3 is 2.57 bits per heavy atom. The molecule has 0 saturated heterocycles. The number of carbonyl (C=O) groups is 1. The SMILES string of the molecule is Cc1cc(C)nc(SCC(=O)N/N=C/c2c(OCc3ccc(Cl)c(Cl)c3)ccc3ccccc23)n1. The van der Waals surface area contributed by atoms with Gasteiger partial charge in [0.1, 0.15) is 12.4 Å². The van der Waals surface area contributed by atoms with Gasteiger partial charge >= 0.3 is 0 Å². The third-order valence-electron chi connectivity index (χ3n) is 4.99. The van der Waals surface area contributed by atoms with Gasteiger partial charge in [-0.1, -0.05) is 71.4 Å². The summed E-state index contributed by atoms with van der Waals surface area (Å²) in [5.41, 5.74) is 5.95. The van der Waals surface area contributed by atoms with Gasteiger partial charge in [-0.2, -0.15) is 5.10 Å². The number of hydrogen-bond donors (Lipinski definition) is 1. The normalized spacial score (nSPS) is 11.2. The molecule has 1 heterocycles. The third-order valence-corrected chi connectivity index (χ3v) is 6.57. The molecule has 9 heteroatoms. The largest absolute Gasteiger partial charge is 0.488 e. The molecule has 0 unspecified atom stereocenters. The van der Waals surface area contributed by atoms with Crippen molar-refractivity contribution in [3.05, 3.63) is 93.2 Å². The maximum Gasteiger partial charge on any atom is 0.250 e. The molecule has 0 bridgehead atoms. The van der Waals surface area contributed by atoms with Crippen LogP contribution in [0.25, 0.3) is 10.8 Å². The molecular formula is C26H22Cl2N4O2S. The zero-order chi connectivity index (χ0) is 24.8. The standard InChI is InChI=1S/C26H22Cl2N4O2S/c1-16-11-17(2)31-26(30-16)35-15-25(33)32-29-13-21-20-6-4-3-5-19(20)8-10-24(21)34-14-18-7-9-22(27)23(28)12-18/h3-13H,14-15H2,1-2H3,(H,32,33)/b29-13+. The first kappa shape index (κ1) is 25.0. The number of benzene rings is 3. The van der Waals surface area contributed by atoms with Crippen molar-refractivity contribution >= 4 is 57.9 Å². The van der Waals surface area contributed by atoms with Crippen LogP contribution in [0.1, 0.15) is 22.5 Å². The first-order valence-corrected chi connectivity index (χ1v) is 12.5. The quantitative estimate of drug-likeness (QED) is 0.125. The molecule has 3 aromatic carbocycles. The third kappa shape index (κ3) is 6.72. The minimum absolute atomic E-state index is 0.149. The van der Waals surface area contributed by atoms with Crippen LogP contribution >= 0.6 is 35.0 Å². The van der Waals surface area contributed by atoms with Gasteiger partial charge in [0.25, 0.3) is 5.91 Å². The number of hydrogen-bond acceptors (Lipinski definition) is 6. The number of hydrazone groups is 1. The minimum atomic E-state index is -0.257. The van der Waals surface area contributed by atoms with Gasteiger partial charge in [0.05, 0.1) is 22.0 Å². The number of amides is 1. The molecule has 1 amide bonds. The van der Waals surface area contributed by atoms with E-state index < -0.39 is 0 Å². The molecule has 0 fully saturated rings. The number of fused-ring (bicyclic) bond motifs is 1. The Morgan fingerprint density at radius 1 is 1.03 bits per heavy atom. The lowest BCUT2D eigenvalue weighted by atomic mass is 10.0. The summed E-state index contributed by atoms with van der Waals surface area (Å²) in [6.45, 7) is 4.10. The monoisotopic (exact) mass is 524 g/mol. The number of halogens is 2. The minimum Gasteiger partial charge on any atom is -0.488 e. The number of carbonyl (C=O) groups excluding carboxylic acids is 1. The van der Waals surface area contributed by atoms with Crippen molar-refractivity contribution in [2.24, 2.45) is 5.10 Å². The zero-order valence-electron chi connectivity index (χ0n) is 19.1. The highest BCUT2D eigenvalue weighted by Crippen LogP contribution is 2.28. The van der Waals surface area contributed by atoms with Crippen molar-refractivity contribution in [2.75, 3.05) is 5.75 Å². The molecule has 0 spiro atoms. The van der Waals surface area contributed by atoms with Gasteiger partial charge < -0.3 is 4.74 Å². The number of rotatable bonds is 8. The fraction of sp³-hybridized carbons (Fsp3) is 0.154. The van der Waals surface area contributed by atoms with Gasteiger partial charge in [0.2, 0.25) is 0 Å². The van der Waals surface area contributed by atoms with Crippen LogP contribution < -0.4 is 10.2 Å². The van der Waals surface area contributed by atoms with Crippen LogP contribution in [0.5, 0.6) is 5.75 Å². The van der Waals surface area contributed by atoms with E-state index in [1.165, 1.54) is 11.8 Å². The molecular weight excluding hydrogens is 503 g/mol. The molecule has 0 atom stereocenters. The van der Waals surface area contributed by atoms with Crippen LogP contribution in [0.2, 0.25) is 10.0 Å². The Balaban J connectivity index is 1.47. The van der Waals surface area contributed by atoms with Gasteiger partial charge in [-0.05, 0) is 54.4 Å². The summed E-state index contributed by atoms with van der Waals surface area (Å²) in [6.07, 6.45) is 1.60. The average molecular weight is 525 g/mol. The summed E-state index contributed by atoms with van der Waals surface area (Å²) in [5, 5.41) is 7.70. The highest BCUT2D eigenvalue weighted by atomic mass is 35.5. The highest BCUT2D eigenvalue weighted by Gasteiger charge is 2.10. The van der Waals surface area contributed by atoms with E-state index in [-0.39, 0.29) is 11.7 Å². The topological polar surface area (TPSA) is 76.5 Å². The molecule has 178 valence electrons. The van der Waals surface area contributed by atoms with Gasteiger partial charge in [0, 0.05) is 17.0 Å². The lowest BCUT2D eigenvalue weighted by Gasteiger charge is -2.12. The predicted molar refractivity (Wildman–Crippen MR) is 143 cm³/mol. The molecule has 0 aliphatic heterocycles. The highest BCUT2D eigenvalue weighted by molar-refractivity contribution is 7.99. The van der Waals surface area contributed by atoms with E-state index in [4.69, 9.17) is 27.9 Å². The van der Waals surface area contributed by atoms with Gasteiger partial charge in [-0.15, -0.1) is 0 Å². The second-order valence-corrected chi connectivity index (χ2v) is 9.51. The Morgan fingerprint density at radius 2 is 1.80 bits per heavy atom. The predicted octanol–water partition coefficient (Wildman–Crippen LogP) is 6.37. The number of ether oxygens (including phenoxy) is 1. The summed E-state index contributed by atoms with van der Waals surface area (Å²) >= 11 is 13.4. The van der Waals surface area contributed by atoms with Crippen molar-refractivity contribution in [1.82, 2.24) is 15.4 Å². The van der Waals surface area contributed by atoms with E-state index in [1.807, 2.05) is 62.4 Å². The lowest BCUT2D eigenvalue weighted by Crippen LogP contribution is -2.20. The Bertz CT molecular complexity index is 1390. The molecule has 1 N–H and O–H groups in total. The van der Waals surface area contributed by atoms with E-state index in [9.17, 15) is 4.79 Å². The van der Waals surface area contributed by atoms with E-state index in [0.29, 0.717) is 27.6 Å². The molecule has 0 aliphatic rings. The number of aromatic nitrogens is 2. The van der Waals surface area contributed by atoms with Gasteiger partial charge in [-0.3, -0.25) is 4.79 Å². The molecule has 0 saturated carbocycles. The van der Waals surface area contributed by atoms with E-state index >= 15 is 0 Å². The fourth-order valence-electron chi connectivity index (χ4n) is 3.41. The van der Waals surface area contributed by atoms with Crippen molar-refractivity contribution in [3.63, 3.8) is 0 Å². The van der Waals surface area contributed by atoms with Crippen LogP contribution in [0, 0.1) is 13.8 Å². The molecule has 1 aromatic heterocycles. The van der Waals surface area contributed by atoms with Crippen LogP contribution in [0.15, 0.2) is 70.9 Å². The van der Waals surface area contributed by atoms with E-state index in [0.717, 1.165) is 33.3 Å². The second-order valence-electron chi connectivity index (χ2n) is 7.75. The molecule has 0 aliphatic carbocycles. The van der Waals surface area contributed by atoms with Crippen molar-refractivity contribution in [3.8, 4) is 5.75 Å². The summed E-state index contributed by atoms with van der Waals surface area (Å²) < 4.78 is 6.09. The van der Waals surface area contributed by atoms with Crippen molar-refractivity contribution in [2.45, 2.75) is 25.6 Å². The maximum atomic E-state index is 12.3. The van der Waals surface area contributed by atoms with Gasteiger partial charge in [0.15, 0.2) is 5.16 Å². The average Bonchev–Trinajstić information content (AvgIpc) is 2.83. The number of nitrogens with one attached hydrogen (secondary N) is 1. The first-order chi connectivity index (χ1) is 16.9. The number of thioether (sulfide) groups is 1.